The Morgan fingerprint density at radius 3 is 2.72 bits per heavy atom. The van der Waals surface area contributed by atoms with E-state index in [0.29, 0.717) is 15.9 Å². The number of carboxylic acids is 1. The van der Waals surface area contributed by atoms with Crippen molar-refractivity contribution in [2.45, 2.75) is 5.16 Å². The summed E-state index contributed by atoms with van der Waals surface area (Å²) in [5.74, 6) is -1.14. The zero-order valence-corrected chi connectivity index (χ0v) is 10.5. The SMILES string of the molecule is O=C(O)CSc1n[nH]c(=O)n1-c1ccc(Cl)cc1. The summed E-state index contributed by atoms with van der Waals surface area (Å²) in [5, 5.41) is 15.5. The van der Waals surface area contributed by atoms with Crippen LogP contribution in [-0.4, -0.2) is 31.6 Å². The molecule has 2 aromatic rings. The molecule has 0 atom stereocenters. The first kappa shape index (κ1) is 12.7. The Labute approximate surface area is 111 Å². The van der Waals surface area contributed by atoms with Crippen molar-refractivity contribution in [3.8, 4) is 5.69 Å². The molecule has 0 fully saturated rings. The number of hydrogen-bond acceptors (Lipinski definition) is 4. The Morgan fingerprint density at radius 2 is 2.11 bits per heavy atom. The van der Waals surface area contributed by atoms with Crippen molar-refractivity contribution >= 4 is 29.3 Å². The number of H-pyrrole nitrogens is 1. The molecule has 18 heavy (non-hydrogen) atoms. The lowest BCUT2D eigenvalue weighted by Crippen LogP contribution is -2.15. The lowest BCUT2D eigenvalue weighted by molar-refractivity contribution is -0.133. The number of aliphatic carboxylic acids is 1. The molecule has 6 nitrogen and oxygen atoms in total. The maximum atomic E-state index is 11.6. The van der Waals surface area contributed by atoms with Crippen molar-refractivity contribution in [1.82, 2.24) is 14.8 Å². The number of nitrogens with one attached hydrogen (secondary N) is 1. The number of nitrogens with zero attached hydrogens (tertiary/aromatic N) is 2. The second kappa shape index (κ2) is 5.28. The lowest BCUT2D eigenvalue weighted by Gasteiger charge is -2.04. The Kier molecular flexibility index (Phi) is 3.73. The van der Waals surface area contributed by atoms with E-state index in [2.05, 4.69) is 10.2 Å². The summed E-state index contributed by atoms with van der Waals surface area (Å²) in [6.07, 6.45) is 0. The Hall–Kier alpha value is -1.73. The summed E-state index contributed by atoms with van der Waals surface area (Å²) >= 11 is 6.72. The third-order valence-electron chi connectivity index (χ3n) is 2.05. The van der Waals surface area contributed by atoms with Gasteiger partial charge < -0.3 is 5.11 Å². The first-order chi connectivity index (χ1) is 8.58. The van der Waals surface area contributed by atoms with Crippen LogP contribution in [0, 0.1) is 0 Å². The van der Waals surface area contributed by atoms with Crippen LogP contribution in [0.25, 0.3) is 5.69 Å². The molecule has 0 spiro atoms. The number of hydrogen-bond donors (Lipinski definition) is 2. The first-order valence-electron chi connectivity index (χ1n) is 4.86. The predicted molar refractivity (Wildman–Crippen MR) is 67.6 cm³/mol. The summed E-state index contributed by atoms with van der Waals surface area (Å²) in [4.78, 5) is 22.1. The fourth-order valence-electron chi connectivity index (χ4n) is 1.32. The van der Waals surface area contributed by atoms with Crippen LogP contribution >= 0.6 is 23.4 Å². The summed E-state index contributed by atoms with van der Waals surface area (Å²) < 4.78 is 1.30. The molecule has 0 aliphatic carbocycles. The van der Waals surface area contributed by atoms with Crippen LogP contribution in [0.1, 0.15) is 0 Å². The van der Waals surface area contributed by atoms with Crippen LogP contribution in [0.3, 0.4) is 0 Å². The van der Waals surface area contributed by atoms with Gasteiger partial charge in [0.1, 0.15) is 0 Å². The molecule has 2 rings (SSSR count). The number of carbonyl (C=O) groups is 1. The predicted octanol–water partition coefficient (Wildman–Crippen LogP) is 1.39. The van der Waals surface area contributed by atoms with E-state index >= 15 is 0 Å². The van der Waals surface area contributed by atoms with Crippen LogP contribution in [0.15, 0.2) is 34.2 Å². The topological polar surface area (TPSA) is 88.0 Å². The summed E-state index contributed by atoms with van der Waals surface area (Å²) in [7, 11) is 0. The smallest absolute Gasteiger partial charge is 0.348 e. The average Bonchev–Trinajstić information content (AvgIpc) is 2.69. The fraction of sp³-hybridized carbons (Fsp3) is 0.100. The van der Waals surface area contributed by atoms with E-state index in [1.54, 1.807) is 24.3 Å². The van der Waals surface area contributed by atoms with Gasteiger partial charge in [0.2, 0.25) is 0 Å². The number of carboxylic acid groups (broad SMARTS) is 1. The number of halogens is 1. The number of thioether (sulfide) groups is 1. The van der Waals surface area contributed by atoms with Gasteiger partial charge in [0.25, 0.3) is 0 Å². The highest BCUT2D eigenvalue weighted by Gasteiger charge is 2.12. The highest BCUT2D eigenvalue weighted by molar-refractivity contribution is 7.99. The largest absolute Gasteiger partial charge is 0.481 e. The van der Waals surface area contributed by atoms with Gasteiger partial charge in [-0.1, -0.05) is 23.4 Å². The van der Waals surface area contributed by atoms with Crippen molar-refractivity contribution < 1.29 is 9.90 Å². The van der Waals surface area contributed by atoms with Gasteiger partial charge in [0, 0.05) is 5.02 Å². The van der Waals surface area contributed by atoms with Gasteiger partial charge in [0.05, 0.1) is 11.4 Å². The maximum absolute atomic E-state index is 11.6. The molecule has 1 aromatic carbocycles. The van der Waals surface area contributed by atoms with Gasteiger partial charge in [-0.05, 0) is 24.3 Å². The van der Waals surface area contributed by atoms with Crippen molar-refractivity contribution in [2.24, 2.45) is 0 Å². The molecule has 0 unspecified atom stereocenters. The van der Waals surface area contributed by atoms with Gasteiger partial charge in [-0.15, -0.1) is 5.10 Å². The average molecular weight is 286 g/mol. The highest BCUT2D eigenvalue weighted by atomic mass is 35.5. The zero-order chi connectivity index (χ0) is 13.1. The summed E-state index contributed by atoms with van der Waals surface area (Å²) in [6, 6.07) is 6.60. The van der Waals surface area contributed by atoms with E-state index in [1.165, 1.54) is 4.57 Å². The van der Waals surface area contributed by atoms with Gasteiger partial charge in [-0.25, -0.2) is 14.5 Å². The van der Waals surface area contributed by atoms with Crippen LogP contribution in [0.5, 0.6) is 0 Å². The molecular weight excluding hydrogens is 278 g/mol. The van der Waals surface area contributed by atoms with Crippen molar-refractivity contribution in [1.29, 1.82) is 0 Å². The van der Waals surface area contributed by atoms with Gasteiger partial charge in [-0.3, -0.25) is 4.79 Å². The molecule has 2 N–H and O–H groups in total. The van der Waals surface area contributed by atoms with Crippen LogP contribution in [0.2, 0.25) is 5.02 Å². The molecule has 0 aliphatic rings. The minimum atomic E-state index is -0.974. The molecule has 8 heteroatoms. The second-order valence-corrected chi connectivity index (χ2v) is 4.68. The summed E-state index contributed by atoms with van der Waals surface area (Å²) in [6.45, 7) is 0. The molecule has 0 amide bonds. The van der Waals surface area contributed by atoms with Gasteiger partial charge in [-0.2, -0.15) is 0 Å². The van der Waals surface area contributed by atoms with E-state index in [1.807, 2.05) is 0 Å². The van der Waals surface area contributed by atoms with Crippen molar-refractivity contribution in [2.75, 3.05) is 5.75 Å². The quantitative estimate of drug-likeness (QED) is 0.829. The first-order valence-corrected chi connectivity index (χ1v) is 6.22. The molecule has 0 saturated heterocycles. The van der Waals surface area contributed by atoms with Gasteiger partial charge >= 0.3 is 11.7 Å². The third kappa shape index (κ3) is 2.74. The molecule has 0 bridgehead atoms. The van der Waals surface area contributed by atoms with Crippen molar-refractivity contribution in [3.63, 3.8) is 0 Å². The molecule has 0 radical (unpaired) electrons. The molecule has 1 heterocycles. The Balaban J connectivity index is 2.37. The summed E-state index contributed by atoms with van der Waals surface area (Å²) in [5.41, 5.74) is 0.149. The minimum absolute atomic E-state index is 0.169. The monoisotopic (exact) mass is 285 g/mol. The normalized spacial score (nSPS) is 10.5. The molecule has 0 aliphatic heterocycles. The maximum Gasteiger partial charge on any atom is 0.348 e. The Bertz CT molecular complexity index is 620. The molecule has 0 saturated carbocycles. The lowest BCUT2D eigenvalue weighted by atomic mass is 10.3. The second-order valence-electron chi connectivity index (χ2n) is 3.31. The zero-order valence-electron chi connectivity index (χ0n) is 8.96. The minimum Gasteiger partial charge on any atom is -0.481 e. The number of aromatic nitrogens is 3. The van der Waals surface area contributed by atoms with E-state index in [4.69, 9.17) is 16.7 Å². The molecule has 94 valence electrons. The van der Waals surface area contributed by atoms with E-state index in [9.17, 15) is 9.59 Å². The number of benzene rings is 1. The Morgan fingerprint density at radius 1 is 1.44 bits per heavy atom. The number of rotatable bonds is 4. The van der Waals surface area contributed by atoms with Crippen LogP contribution < -0.4 is 5.69 Å². The van der Waals surface area contributed by atoms with E-state index < -0.39 is 11.7 Å². The standard InChI is InChI=1S/C10H8ClN3O3S/c11-6-1-3-7(4-2-6)14-9(17)12-13-10(14)18-5-8(15)16/h1-4H,5H2,(H,12,17)(H,15,16). The molecular formula is C10H8ClN3O3S. The highest BCUT2D eigenvalue weighted by Crippen LogP contribution is 2.18. The molecule has 1 aromatic heterocycles. The van der Waals surface area contributed by atoms with Crippen LogP contribution in [0.4, 0.5) is 0 Å². The van der Waals surface area contributed by atoms with E-state index in [-0.39, 0.29) is 5.75 Å². The third-order valence-corrected chi connectivity index (χ3v) is 3.23. The van der Waals surface area contributed by atoms with Gasteiger partial charge in [0.15, 0.2) is 5.16 Å². The van der Waals surface area contributed by atoms with E-state index in [0.717, 1.165) is 11.8 Å². The van der Waals surface area contributed by atoms with Crippen LogP contribution in [-0.2, 0) is 4.79 Å². The number of aromatic amines is 1. The van der Waals surface area contributed by atoms with Crippen molar-refractivity contribution in [3.05, 3.63) is 39.8 Å². The fourth-order valence-corrected chi connectivity index (χ4v) is 2.13.